The van der Waals surface area contributed by atoms with Crippen LogP contribution in [0.3, 0.4) is 0 Å². The lowest BCUT2D eigenvalue weighted by molar-refractivity contribution is 0.208. The Bertz CT molecular complexity index is 833. The first-order valence-electron chi connectivity index (χ1n) is 7.84. The highest BCUT2D eigenvalue weighted by molar-refractivity contribution is 7.88. The molecule has 1 unspecified atom stereocenters. The molecule has 9 heteroatoms. The molecule has 1 aliphatic rings. The van der Waals surface area contributed by atoms with Crippen molar-refractivity contribution in [3.05, 3.63) is 30.0 Å². The smallest absolute Gasteiger partial charge is 0.317 e. The summed E-state index contributed by atoms with van der Waals surface area (Å²) in [7, 11) is -3.57. The van der Waals surface area contributed by atoms with Gasteiger partial charge in [0.15, 0.2) is 5.58 Å². The molecule has 1 aromatic heterocycles. The van der Waals surface area contributed by atoms with Gasteiger partial charge in [-0.25, -0.2) is 17.9 Å². The molecule has 1 fully saturated rings. The van der Waals surface area contributed by atoms with Crippen molar-refractivity contribution >= 4 is 27.0 Å². The predicted octanol–water partition coefficient (Wildman–Crippen LogP) is 1.05. The third kappa shape index (κ3) is 3.68. The summed E-state index contributed by atoms with van der Waals surface area (Å²) in [6.07, 6.45) is 0.593. The van der Waals surface area contributed by atoms with E-state index in [1.807, 2.05) is 13.0 Å². The molecule has 2 N–H and O–H groups in total. The zero-order valence-electron chi connectivity index (χ0n) is 13.4. The number of benzene rings is 1. The van der Waals surface area contributed by atoms with Crippen molar-refractivity contribution in [2.24, 2.45) is 0 Å². The van der Waals surface area contributed by atoms with Crippen molar-refractivity contribution in [1.29, 1.82) is 0 Å². The number of hydrogen-bond donors (Lipinski definition) is 2. The summed E-state index contributed by atoms with van der Waals surface area (Å²) in [5.41, 5.74) is 0.947. The van der Waals surface area contributed by atoms with E-state index in [1.165, 1.54) is 0 Å². The second kappa shape index (κ2) is 6.78. The van der Waals surface area contributed by atoms with E-state index in [0.717, 1.165) is 0 Å². The minimum absolute atomic E-state index is 0.165. The summed E-state index contributed by atoms with van der Waals surface area (Å²) < 4.78 is 32.6. The molecule has 2 amide bonds. The van der Waals surface area contributed by atoms with Crippen LogP contribution >= 0.6 is 0 Å². The van der Waals surface area contributed by atoms with E-state index >= 15 is 0 Å². The van der Waals surface area contributed by atoms with E-state index in [1.54, 1.807) is 23.1 Å². The number of nitrogens with one attached hydrogen (secondary N) is 2. The van der Waals surface area contributed by atoms with E-state index < -0.39 is 10.0 Å². The predicted molar refractivity (Wildman–Crippen MR) is 88.8 cm³/mol. The van der Waals surface area contributed by atoms with Crippen molar-refractivity contribution in [3.63, 3.8) is 0 Å². The standard InChI is InChI=1S/C15H20N4O4S/c1-2-16-15(20)19-8-7-11(9-19)18-24(21,22)10-13-12-5-3-4-6-14(12)23-17-13/h3-6,11,18H,2,7-10H2,1H3,(H,16,20). The van der Waals surface area contributed by atoms with E-state index in [0.29, 0.717) is 42.7 Å². The van der Waals surface area contributed by atoms with Crippen LogP contribution in [-0.2, 0) is 15.8 Å². The fourth-order valence-corrected chi connectivity index (χ4v) is 4.17. The van der Waals surface area contributed by atoms with Crippen LogP contribution in [0.15, 0.2) is 28.8 Å². The Balaban J connectivity index is 1.64. The highest BCUT2D eigenvalue weighted by Gasteiger charge is 2.29. The lowest BCUT2D eigenvalue weighted by Crippen LogP contribution is -2.42. The summed E-state index contributed by atoms with van der Waals surface area (Å²) in [5.74, 6) is -0.248. The molecule has 0 spiro atoms. The van der Waals surface area contributed by atoms with Crippen molar-refractivity contribution in [2.45, 2.75) is 25.1 Å². The number of nitrogens with zero attached hydrogens (tertiary/aromatic N) is 2. The number of fused-ring (bicyclic) bond motifs is 1. The van der Waals surface area contributed by atoms with Crippen LogP contribution in [0.2, 0.25) is 0 Å². The summed E-state index contributed by atoms with van der Waals surface area (Å²) in [5, 5.41) is 7.26. The average Bonchev–Trinajstić information content (AvgIpc) is 3.15. The first kappa shape index (κ1) is 16.7. The zero-order valence-corrected chi connectivity index (χ0v) is 14.2. The minimum atomic E-state index is -3.57. The van der Waals surface area contributed by atoms with Crippen LogP contribution in [0.1, 0.15) is 19.0 Å². The quantitative estimate of drug-likeness (QED) is 0.837. The van der Waals surface area contributed by atoms with Gasteiger partial charge in [0.2, 0.25) is 10.0 Å². The molecule has 0 saturated carbocycles. The van der Waals surface area contributed by atoms with Gasteiger partial charge in [0.05, 0.1) is 0 Å². The SMILES string of the molecule is CCNC(=O)N1CCC(NS(=O)(=O)Cc2noc3ccccc23)C1. The molecule has 1 aromatic carbocycles. The van der Waals surface area contributed by atoms with Crippen LogP contribution in [0.5, 0.6) is 0 Å². The Labute approximate surface area is 140 Å². The number of para-hydroxylation sites is 1. The van der Waals surface area contributed by atoms with Gasteiger partial charge in [-0.1, -0.05) is 17.3 Å². The molecule has 130 valence electrons. The molecule has 0 aliphatic carbocycles. The molecular formula is C15H20N4O4S. The molecular weight excluding hydrogens is 332 g/mol. The number of aromatic nitrogens is 1. The number of urea groups is 1. The largest absolute Gasteiger partial charge is 0.356 e. The molecule has 1 saturated heterocycles. The van der Waals surface area contributed by atoms with Gasteiger partial charge >= 0.3 is 6.03 Å². The number of carbonyl (C=O) groups is 1. The van der Waals surface area contributed by atoms with Gasteiger partial charge < -0.3 is 14.7 Å². The molecule has 0 radical (unpaired) electrons. The Morgan fingerprint density at radius 2 is 2.21 bits per heavy atom. The molecule has 0 bridgehead atoms. The van der Waals surface area contributed by atoms with Gasteiger partial charge in [0.25, 0.3) is 0 Å². The Hall–Kier alpha value is -2.13. The zero-order chi connectivity index (χ0) is 17.2. The first-order valence-corrected chi connectivity index (χ1v) is 9.50. The summed E-state index contributed by atoms with van der Waals surface area (Å²) >= 11 is 0. The van der Waals surface area contributed by atoms with Crippen molar-refractivity contribution in [2.75, 3.05) is 19.6 Å². The van der Waals surface area contributed by atoms with Crippen LogP contribution in [0.25, 0.3) is 11.0 Å². The number of carbonyl (C=O) groups excluding carboxylic acids is 1. The van der Waals surface area contributed by atoms with Gasteiger partial charge in [0, 0.05) is 31.1 Å². The monoisotopic (exact) mass is 352 g/mol. The Morgan fingerprint density at radius 1 is 1.42 bits per heavy atom. The maximum Gasteiger partial charge on any atom is 0.317 e. The number of amides is 2. The third-order valence-electron chi connectivity index (χ3n) is 3.93. The maximum absolute atomic E-state index is 12.4. The van der Waals surface area contributed by atoms with E-state index in [9.17, 15) is 13.2 Å². The first-order chi connectivity index (χ1) is 11.5. The van der Waals surface area contributed by atoms with Crippen LogP contribution in [-0.4, -0.2) is 50.2 Å². The average molecular weight is 352 g/mol. The second-order valence-corrected chi connectivity index (χ2v) is 7.52. The van der Waals surface area contributed by atoms with E-state index in [-0.39, 0.29) is 17.8 Å². The highest BCUT2D eigenvalue weighted by Crippen LogP contribution is 2.20. The molecule has 1 aliphatic heterocycles. The molecule has 24 heavy (non-hydrogen) atoms. The third-order valence-corrected chi connectivity index (χ3v) is 5.27. The van der Waals surface area contributed by atoms with Crippen molar-refractivity contribution < 1.29 is 17.7 Å². The molecule has 8 nitrogen and oxygen atoms in total. The summed E-state index contributed by atoms with van der Waals surface area (Å²) in [4.78, 5) is 13.4. The number of hydrogen-bond acceptors (Lipinski definition) is 5. The topological polar surface area (TPSA) is 105 Å². The van der Waals surface area contributed by atoms with Gasteiger partial charge in [-0.2, -0.15) is 0 Å². The summed E-state index contributed by atoms with van der Waals surface area (Å²) in [6, 6.07) is 6.69. The van der Waals surface area contributed by atoms with Gasteiger partial charge in [-0.15, -0.1) is 0 Å². The lowest BCUT2D eigenvalue weighted by atomic mass is 10.2. The number of sulfonamides is 1. The van der Waals surface area contributed by atoms with Gasteiger partial charge in [0.1, 0.15) is 11.4 Å². The fraction of sp³-hybridized carbons (Fsp3) is 0.467. The van der Waals surface area contributed by atoms with Crippen LogP contribution in [0, 0.1) is 0 Å². The normalized spacial score (nSPS) is 18.2. The van der Waals surface area contributed by atoms with Gasteiger partial charge in [-0.3, -0.25) is 0 Å². The van der Waals surface area contributed by atoms with E-state index in [2.05, 4.69) is 15.2 Å². The highest BCUT2D eigenvalue weighted by atomic mass is 32.2. The fourth-order valence-electron chi connectivity index (χ4n) is 2.82. The minimum Gasteiger partial charge on any atom is -0.356 e. The molecule has 3 rings (SSSR count). The Morgan fingerprint density at radius 3 is 3.00 bits per heavy atom. The summed E-state index contributed by atoms with van der Waals surface area (Å²) in [6.45, 7) is 3.29. The second-order valence-electron chi connectivity index (χ2n) is 5.77. The van der Waals surface area contributed by atoms with Crippen molar-refractivity contribution in [3.8, 4) is 0 Å². The van der Waals surface area contributed by atoms with E-state index in [4.69, 9.17) is 4.52 Å². The molecule has 1 atom stereocenters. The maximum atomic E-state index is 12.4. The van der Waals surface area contributed by atoms with Crippen LogP contribution < -0.4 is 10.0 Å². The van der Waals surface area contributed by atoms with Crippen molar-refractivity contribution in [1.82, 2.24) is 20.1 Å². The molecule has 2 aromatic rings. The number of likely N-dealkylation sites (tertiary alicyclic amines) is 1. The van der Waals surface area contributed by atoms with Gasteiger partial charge in [-0.05, 0) is 25.5 Å². The van der Waals surface area contributed by atoms with Crippen LogP contribution in [0.4, 0.5) is 4.79 Å². The Kier molecular flexibility index (Phi) is 4.72. The number of rotatable bonds is 5. The lowest BCUT2D eigenvalue weighted by Gasteiger charge is -2.17. The molecule has 2 heterocycles.